The Bertz CT molecular complexity index is 967. The maximum absolute atomic E-state index is 14.1. The average Bonchev–Trinajstić information content (AvgIpc) is 3.32. The third kappa shape index (κ3) is 4.01. The Morgan fingerprint density at radius 2 is 1.81 bits per heavy atom. The fourth-order valence-electron chi connectivity index (χ4n) is 5.26. The second kappa shape index (κ2) is 8.36. The van der Waals surface area contributed by atoms with E-state index in [1.165, 1.54) is 30.7 Å². The van der Waals surface area contributed by atoms with Gasteiger partial charge >= 0.3 is 0 Å². The van der Waals surface area contributed by atoms with Crippen LogP contribution in [0.5, 0.6) is 5.75 Å². The molecule has 0 amide bonds. The van der Waals surface area contributed by atoms with Gasteiger partial charge in [0.15, 0.2) is 0 Å². The number of aliphatic hydroxyl groups is 1. The molecule has 164 valence electrons. The molecule has 2 saturated carbocycles. The molecule has 2 aromatic carbocycles. The SMILES string of the molecule is OCC1CC[C@@]2(C=C(c3cc(F)ccc3OC3CCC3)CO2)C1Cc1ccc(F)cc1. The van der Waals surface area contributed by atoms with Gasteiger partial charge in [0.1, 0.15) is 17.4 Å². The number of benzene rings is 2. The van der Waals surface area contributed by atoms with Crippen molar-refractivity contribution in [2.24, 2.45) is 11.8 Å². The third-order valence-electron chi connectivity index (χ3n) is 7.25. The van der Waals surface area contributed by atoms with Crippen LogP contribution in [0.25, 0.3) is 5.57 Å². The molecule has 0 aromatic heterocycles. The van der Waals surface area contributed by atoms with Crippen LogP contribution in [0.4, 0.5) is 8.78 Å². The van der Waals surface area contributed by atoms with Crippen LogP contribution in [0.3, 0.4) is 0 Å². The van der Waals surface area contributed by atoms with E-state index < -0.39 is 5.60 Å². The molecule has 0 saturated heterocycles. The number of hydrogen-bond donors (Lipinski definition) is 1. The Hall–Kier alpha value is -2.24. The van der Waals surface area contributed by atoms with E-state index in [9.17, 15) is 13.9 Å². The normalized spacial score (nSPS) is 28.0. The van der Waals surface area contributed by atoms with Gasteiger partial charge in [-0.25, -0.2) is 8.78 Å². The van der Waals surface area contributed by atoms with Crippen molar-refractivity contribution < 1.29 is 23.4 Å². The highest BCUT2D eigenvalue weighted by molar-refractivity contribution is 5.74. The standard InChI is InChI=1S/C26H28F2O3/c27-20-6-4-17(5-7-20)12-24-18(15-29)10-11-26(24)14-19(16-30-26)23-13-21(28)8-9-25(23)31-22-2-1-3-22/h4-9,13-14,18,22,24,29H,1-3,10-12,15-16H2/t18?,24?,26-/m1/s1. The molecule has 2 fully saturated rings. The van der Waals surface area contributed by atoms with Gasteiger partial charge in [0.25, 0.3) is 0 Å². The van der Waals surface area contributed by atoms with Crippen LogP contribution in [0.1, 0.15) is 43.2 Å². The van der Waals surface area contributed by atoms with Crippen molar-refractivity contribution in [1.29, 1.82) is 0 Å². The highest BCUT2D eigenvalue weighted by atomic mass is 19.1. The van der Waals surface area contributed by atoms with Crippen LogP contribution >= 0.6 is 0 Å². The highest BCUT2D eigenvalue weighted by Crippen LogP contribution is 2.50. The van der Waals surface area contributed by atoms with E-state index in [0.29, 0.717) is 18.8 Å². The first kappa shape index (κ1) is 20.7. The molecule has 5 heteroatoms. The zero-order valence-corrected chi connectivity index (χ0v) is 17.5. The first-order valence-electron chi connectivity index (χ1n) is 11.2. The van der Waals surface area contributed by atoms with Gasteiger partial charge in [0.2, 0.25) is 0 Å². The number of hydrogen-bond acceptors (Lipinski definition) is 3. The maximum Gasteiger partial charge on any atom is 0.127 e. The van der Waals surface area contributed by atoms with Crippen molar-refractivity contribution in [2.75, 3.05) is 13.2 Å². The summed E-state index contributed by atoms with van der Waals surface area (Å²) in [4.78, 5) is 0. The summed E-state index contributed by atoms with van der Waals surface area (Å²) in [6.45, 7) is 0.485. The zero-order valence-electron chi connectivity index (χ0n) is 17.5. The molecule has 1 aliphatic heterocycles. The molecule has 2 aliphatic carbocycles. The van der Waals surface area contributed by atoms with Crippen molar-refractivity contribution in [3.63, 3.8) is 0 Å². The lowest BCUT2D eigenvalue weighted by Gasteiger charge is -2.32. The van der Waals surface area contributed by atoms with E-state index in [4.69, 9.17) is 9.47 Å². The zero-order chi connectivity index (χ0) is 21.4. The molecule has 3 aliphatic rings. The quantitative estimate of drug-likeness (QED) is 0.680. The lowest BCUT2D eigenvalue weighted by atomic mass is 9.80. The molecule has 1 heterocycles. The smallest absolute Gasteiger partial charge is 0.127 e. The van der Waals surface area contributed by atoms with Gasteiger partial charge < -0.3 is 14.6 Å². The molecular formula is C26H28F2O3. The molecule has 3 atom stereocenters. The second-order valence-electron chi connectivity index (χ2n) is 9.14. The van der Waals surface area contributed by atoms with Gasteiger partial charge in [-0.3, -0.25) is 0 Å². The Morgan fingerprint density at radius 1 is 1.03 bits per heavy atom. The Labute approximate surface area is 181 Å². The predicted molar refractivity (Wildman–Crippen MR) is 115 cm³/mol. The van der Waals surface area contributed by atoms with Crippen LogP contribution in [0.2, 0.25) is 0 Å². The maximum atomic E-state index is 14.1. The first-order chi connectivity index (χ1) is 15.1. The topological polar surface area (TPSA) is 38.7 Å². The molecule has 5 rings (SSSR count). The van der Waals surface area contributed by atoms with Crippen LogP contribution in [0, 0.1) is 23.5 Å². The van der Waals surface area contributed by atoms with Gasteiger partial charge in [0, 0.05) is 18.1 Å². The van der Waals surface area contributed by atoms with Gasteiger partial charge in [-0.15, -0.1) is 0 Å². The van der Waals surface area contributed by atoms with E-state index in [1.807, 2.05) is 0 Å². The van der Waals surface area contributed by atoms with E-state index in [1.54, 1.807) is 18.2 Å². The molecule has 1 N–H and O–H groups in total. The van der Waals surface area contributed by atoms with Gasteiger partial charge in [-0.1, -0.05) is 12.1 Å². The number of aliphatic hydroxyl groups excluding tert-OH is 1. The summed E-state index contributed by atoms with van der Waals surface area (Å²) in [5, 5.41) is 9.99. The molecule has 2 unspecified atom stereocenters. The van der Waals surface area contributed by atoms with Gasteiger partial charge in [-0.05, 0) is 92.0 Å². The van der Waals surface area contributed by atoms with Crippen molar-refractivity contribution in [3.8, 4) is 5.75 Å². The number of ether oxygens (including phenoxy) is 2. The lowest BCUT2D eigenvalue weighted by Crippen LogP contribution is -2.36. The molecule has 0 bridgehead atoms. The summed E-state index contributed by atoms with van der Waals surface area (Å²) in [5.74, 6) is 0.349. The molecule has 31 heavy (non-hydrogen) atoms. The molecule has 1 spiro atoms. The van der Waals surface area contributed by atoms with Gasteiger partial charge in [0.05, 0.1) is 18.3 Å². The lowest BCUT2D eigenvalue weighted by molar-refractivity contribution is -0.0161. The van der Waals surface area contributed by atoms with Crippen LogP contribution in [-0.2, 0) is 11.2 Å². The summed E-state index contributed by atoms with van der Waals surface area (Å²) in [6, 6.07) is 11.2. The molecule has 3 nitrogen and oxygen atoms in total. The van der Waals surface area contributed by atoms with Crippen molar-refractivity contribution in [1.82, 2.24) is 0 Å². The summed E-state index contributed by atoms with van der Waals surface area (Å²) in [7, 11) is 0. The second-order valence-corrected chi connectivity index (χ2v) is 9.14. The van der Waals surface area contributed by atoms with Crippen LogP contribution in [0.15, 0.2) is 48.5 Å². The van der Waals surface area contributed by atoms with Gasteiger partial charge in [-0.2, -0.15) is 0 Å². The van der Waals surface area contributed by atoms with Crippen molar-refractivity contribution in [3.05, 3.63) is 71.3 Å². The van der Waals surface area contributed by atoms with E-state index in [2.05, 4.69) is 6.08 Å². The fourth-order valence-corrected chi connectivity index (χ4v) is 5.26. The van der Waals surface area contributed by atoms with E-state index in [0.717, 1.165) is 42.4 Å². The predicted octanol–water partition coefficient (Wildman–Crippen LogP) is 5.31. The van der Waals surface area contributed by atoms with E-state index >= 15 is 0 Å². The average molecular weight is 427 g/mol. The summed E-state index contributed by atoms with van der Waals surface area (Å²) in [6.07, 6.45) is 7.95. The minimum absolute atomic E-state index is 0.0741. The van der Waals surface area contributed by atoms with E-state index in [-0.39, 0.29) is 36.2 Å². The van der Waals surface area contributed by atoms with Crippen LogP contribution < -0.4 is 4.74 Å². The Morgan fingerprint density at radius 3 is 2.52 bits per heavy atom. The summed E-state index contributed by atoms with van der Waals surface area (Å²) >= 11 is 0. The third-order valence-corrected chi connectivity index (χ3v) is 7.25. The minimum Gasteiger partial charge on any atom is -0.490 e. The number of rotatable bonds is 6. The fraction of sp³-hybridized carbons (Fsp3) is 0.462. The number of halogens is 2. The molecule has 2 aromatic rings. The largest absolute Gasteiger partial charge is 0.490 e. The molecular weight excluding hydrogens is 398 g/mol. The Balaban J connectivity index is 1.45. The highest BCUT2D eigenvalue weighted by Gasteiger charge is 2.50. The molecule has 0 radical (unpaired) electrons. The first-order valence-corrected chi connectivity index (χ1v) is 11.2. The van der Waals surface area contributed by atoms with Crippen molar-refractivity contribution >= 4 is 5.57 Å². The summed E-state index contributed by atoms with van der Waals surface area (Å²) in [5.41, 5.74) is 2.22. The van der Waals surface area contributed by atoms with Crippen molar-refractivity contribution in [2.45, 2.75) is 50.2 Å². The minimum atomic E-state index is -0.503. The summed E-state index contributed by atoms with van der Waals surface area (Å²) < 4.78 is 40.0. The Kier molecular flexibility index (Phi) is 5.57. The monoisotopic (exact) mass is 426 g/mol. The van der Waals surface area contributed by atoms with Crippen LogP contribution in [-0.4, -0.2) is 30.0 Å².